The molecular formula is C19H23N3O5S. The summed E-state index contributed by atoms with van der Waals surface area (Å²) in [5.41, 5.74) is 3.73. The van der Waals surface area contributed by atoms with Gasteiger partial charge < -0.3 is 9.47 Å². The van der Waals surface area contributed by atoms with Crippen LogP contribution in [-0.4, -0.2) is 52.7 Å². The van der Waals surface area contributed by atoms with Gasteiger partial charge in [-0.2, -0.15) is 9.41 Å². The van der Waals surface area contributed by atoms with E-state index in [4.69, 9.17) is 9.47 Å². The lowest BCUT2D eigenvalue weighted by molar-refractivity contribution is -0.121. The van der Waals surface area contributed by atoms with Crippen LogP contribution in [0.15, 0.2) is 52.5 Å². The van der Waals surface area contributed by atoms with Gasteiger partial charge in [-0.3, -0.25) is 4.79 Å². The Morgan fingerprint density at radius 3 is 2.57 bits per heavy atom. The highest BCUT2D eigenvalue weighted by Crippen LogP contribution is 2.23. The molecule has 9 heteroatoms. The van der Waals surface area contributed by atoms with Crippen LogP contribution in [0.1, 0.15) is 11.1 Å². The minimum atomic E-state index is -3.82. The SMILES string of the molecule is COc1cccc(C=NNC(=O)CN(C)S(=O)(=O)c2ccc(OC)c(C)c2)c1. The second kappa shape index (κ2) is 9.34. The molecule has 2 aromatic rings. The quantitative estimate of drug-likeness (QED) is 0.533. The monoisotopic (exact) mass is 405 g/mol. The third-order valence-electron chi connectivity index (χ3n) is 3.94. The molecule has 0 atom stereocenters. The number of nitrogens with one attached hydrogen (secondary N) is 1. The van der Waals surface area contributed by atoms with Crippen LogP contribution in [0.4, 0.5) is 0 Å². The number of carbonyl (C=O) groups excluding carboxylic acids is 1. The molecule has 0 spiro atoms. The third kappa shape index (κ3) is 5.30. The zero-order valence-electron chi connectivity index (χ0n) is 16.2. The number of sulfonamides is 1. The molecule has 0 saturated heterocycles. The standard InChI is InChI=1S/C19H23N3O5S/c1-14-10-17(8-9-18(14)27-4)28(24,25)22(2)13-19(23)21-20-12-15-6-5-7-16(11-15)26-3/h5-12H,13H2,1-4H3,(H,21,23). The summed E-state index contributed by atoms with van der Waals surface area (Å²) in [6, 6.07) is 11.6. The normalized spacial score (nSPS) is 11.6. The Morgan fingerprint density at radius 2 is 1.93 bits per heavy atom. The second-order valence-corrected chi connectivity index (χ2v) is 8.01. The lowest BCUT2D eigenvalue weighted by atomic mass is 10.2. The molecule has 1 amide bonds. The number of rotatable bonds is 8. The third-order valence-corrected chi connectivity index (χ3v) is 5.74. The molecule has 28 heavy (non-hydrogen) atoms. The van der Waals surface area contributed by atoms with Gasteiger partial charge in [0, 0.05) is 7.05 Å². The second-order valence-electron chi connectivity index (χ2n) is 5.96. The van der Waals surface area contributed by atoms with Gasteiger partial charge in [-0.05, 0) is 48.4 Å². The Morgan fingerprint density at radius 1 is 1.18 bits per heavy atom. The molecule has 0 radical (unpaired) electrons. The number of ether oxygens (including phenoxy) is 2. The maximum absolute atomic E-state index is 12.6. The van der Waals surface area contributed by atoms with E-state index in [9.17, 15) is 13.2 Å². The molecule has 0 fully saturated rings. The first-order valence-electron chi connectivity index (χ1n) is 8.35. The summed E-state index contributed by atoms with van der Waals surface area (Å²) in [4.78, 5) is 12.1. The summed E-state index contributed by atoms with van der Waals surface area (Å²) in [6.45, 7) is 1.38. The minimum absolute atomic E-state index is 0.0842. The molecule has 2 aromatic carbocycles. The molecule has 0 saturated carbocycles. The molecule has 0 aromatic heterocycles. The number of nitrogens with zero attached hydrogens (tertiary/aromatic N) is 2. The predicted molar refractivity (Wildman–Crippen MR) is 106 cm³/mol. The van der Waals surface area contributed by atoms with Crippen LogP contribution in [0, 0.1) is 6.92 Å². The van der Waals surface area contributed by atoms with E-state index in [0.717, 1.165) is 9.87 Å². The summed E-state index contributed by atoms with van der Waals surface area (Å²) in [6.07, 6.45) is 1.45. The summed E-state index contributed by atoms with van der Waals surface area (Å²) in [7, 11) is 0.581. The fraction of sp³-hybridized carbons (Fsp3) is 0.263. The van der Waals surface area contributed by atoms with Crippen molar-refractivity contribution < 1.29 is 22.7 Å². The number of benzene rings is 2. The number of amides is 1. The van der Waals surface area contributed by atoms with Crippen LogP contribution in [0.5, 0.6) is 11.5 Å². The van der Waals surface area contributed by atoms with Gasteiger partial charge in [-0.1, -0.05) is 12.1 Å². The molecule has 1 N–H and O–H groups in total. The van der Waals surface area contributed by atoms with Gasteiger partial charge in [0.1, 0.15) is 11.5 Å². The Balaban J connectivity index is 2.00. The van der Waals surface area contributed by atoms with E-state index in [2.05, 4.69) is 10.5 Å². The Kier molecular flexibility index (Phi) is 7.13. The molecule has 0 aliphatic rings. The van der Waals surface area contributed by atoms with Crippen LogP contribution in [0.2, 0.25) is 0 Å². The lowest BCUT2D eigenvalue weighted by Gasteiger charge is -2.17. The molecule has 2 rings (SSSR count). The van der Waals surface area contributed by atoms with Gasteiger partial charge in [-0.15, -0.1) is 0 Å². The van der Waals surface area contributed by atoms with E-state index in [1.54, 1.807) is 44.4 Å². The smallest absolute Gasteiger partial charge is 0.255 e. The van der Waals surface area contributed by atoms with Crippen molar-refractivity contribution in [3.8, 4) is 11.5 Å². The molecule has 8 nitrogen and oxygen atoms in total. The van der Waals surface area contributed by atoms with Gasteiger partial charge in [0.2, 0.25) is 10.0 Å². The first-order chi connectivity index (χ1) is 13.3. The first-order valence-corrected chi connectivity index (χ1v) is 9.79. The zero-order chi connectivity index (χ0) is 20.7. The Bertz CT molecular complexity index is 973. The van der Waals surface area contributed by atoms with Gasteiger partial charge in [0.15, 0.2) is 0 Å². The number of hydrogen-bond acceptors (Lipinski definition) is 6. The van der Waals surface area contributed by atoms with Crippen LogP contribution in [0.3, 0.4) is 0 Å². The summed E-state index contributed by atoms with van der Waals surface area (Å²) in [5.74, 6) is 0.692. The predicted octanol–water partition coefficient (Wildman–Crippen LogP) is 1.78. The van der Waals surface area contributed by atoms with Crippen LogP contribution in [-0.2, 0) is 14.8 Å². The number of likely N-dealkylation sites (N-methyl/N-ethyl adjacent to an activating group) is 1. The highest BCUT2D eigenvalue weighted by Gasteiger charge is 2.23. The van der Waals surface area contributed by atoms with Crippen LogP contribution < -0.4 is 14.9 Å². The van der Waals surface area contributed by atoms with Crippen molar-refractivity contribution in [3.05, 3.63) is 53.6 Å². The van der Waals surface area contributed by atoms with Crippen molar-refractivity contribution in [2.45, 2.75) is 11.8 Å². The van der Waals surface area contributed by atoms with Crippen LogP contribution >= 0.6 is 0 Å². The van der Waals surface area contributed by atoms with Gasteiger partial charge >= 0.3 is 0 Å². The Labute approximate surface area is 164 Å². The summed E-state index contributed by atoms with van der Waals surface area (Å²) < 4.78 is 36.5. The van der Waals surface area contributed by atoms with Crippen molar-refractivity contribution in [2.24, 2.45) is 5.10 Å². The van der Waals surface area contributed by atoms with Gasteiger partial charge in [-0.25, -0.2) is 13.8 Å². The van der Waals surface area contributed by atoms with E-state index in [1.165, 1.54) is 32.5 Å². The zero-order valence-corrected chi connectivity index (χ0v) is 17.0. The number of aryl methyl sites for hydroxylation is 1. The van der Waals surface area contributed by atoms with Crippen molar-refractivity contribution in [3.63, 3.8) is 0 Å². The highest BCUT2D eigenvalue weighted by atomic mass is 32.2. The molecule has 0 aliphatic heterocycles. The van der Waals surface area contributed by atoms with E-state index in [-0.39, 0.29) is 11.4 Å². The van der Waals surface area contributed by atoms with Crippen molar-refractivity contribution >= 4 is 22.1 Å². The maximum atomic E-state index is 12.6. The maximum Gasteiger partial charge on any atom is 0.255 e. The molecule has 0 aliphatic carbocycles. The van der Waals surface area contributed by atoms with E-state index in [1.807, 2.05) is 0 Å². The van der Waals surface area contributed by atoms with Crippen molar-refractivity contribution in [2.75, 3.05) is 27.8 Å². The lowest BCUT2D eigenvalue weighted by Crippen LogP contribution is -2.36. The number of hydrogen-bond donors (Lipinski definition) is 1. The largest absolute Gasteiger partial charge is 0.497 e. The van der Waals surface area contributed by atoms with Crippen molar-refractivity contribution in [1.29, 1.82) is 0 Å². The molecule has 150 valence electrons. The molecular weight excluding hydrogens is 382 g/mol. The highest BCUT2D eigenvalue weighted by molar-refractivity contribution is 7.89. The Hall–Kier alpha value is -2.91. The molecule has 0 unspecified atom stereocenters. The average Bonchev–Trinajstić information content (AvgIpc) is 2.67. The molecule has 0 heterocycles. The van der Waals surface area contributed by atoms with Crippen LogP contribution in [0.25, 0.3) is 0 Å². The van der Waals surface area contributed by atoms with Gasteiger partial charge in [0.05, 0.1) is 31.9 Å². The van der Waals surface area contributed by atoms with E-state index >= 15 is 0 Å². The number of hydrazone groups is 1. The number of carbonyl (C=O) groups is 1. The fourth-order valence-electron chi connectivity index (χ4n) is 2.41. The molecule has 0 bridgehead atoms. The number of methoxy groups -OCH3 is 2. The summed E-state index contributed by atoms with van der Waals surface area (Å²) >= 11 is 0. The fourth-order valence-corrected chi connectivity index (χ4v) is 3.63. The topological polar surface area (TPSA) is 97.3 Å². The van der Waals surface area contributed by atoms with E-state index < -0.39 is 15.9 Å². The average molecular weight is 405 g/mol. The first kappa shape index (κ1) is 21.4. The minimum Gasteiger partial charge on any atom is -0.497 e. The van der Waals surface area contributed by atoms with Crippen molar-refractivity contribution in [1.82, 2.24) is 9.73 Å². The van der Waals surface area contributed by atoms with E-state index in [0.29, 0.717) is 17.1 Å². The van der Waals surface area contributed by atoms with Gasteiger partial charge in [0.25, 0.3) is 5.91 Å². The summed E-state index contributed by atoms with van der Waals surface area (Å²) in [5, 5.41) is 3.84.